The van der Waals surface area contributed by atoms with Crippen LogP contribution in [0.2, 0.25) is 0 Å². The third-order valence-corrected chi connectivity index (χ3v) is 6.06. The van der Waals surface area contributed by atoms with Gasteiger partial charge in [-0.05, 0) is 66.7 Å². The number of benzene rings is 5. The summed E-state index contributed by atoms with van der Waals surface area (Å²) in [7, 11) is 0. The van der Waals surface area contributed by atoms with Gasteiger partial charge in [0, 0.05) is 12.1 Å². The van der Waals surface area contributed by atoms with Gasteiger partial charge in [-0.3, -0.25) is 0 Å². The van der Waals surface area contributed by atoms with E-state index >= 15 is 0 Å². The fourth-order valence-corrected chi connectivity index (χ4v) is 3.53. The van der Waals surface area contributed by atoms with Gasteiger partial charge in [-0.15, -0.1) is 0 Å². The Balaban J connectivity index is 0.000000344. The van der Waals surface area contributed by atoms with E-state index in [1.165, 1.54) is 48.5 Å². The molecule has 0 bridgehead atoms. The molecule has 0 aliphatic carbocycles. The second-order valence-corrected chi connectivity index (χ2v) is 10.0. The molecule has 15 N–H and O–H groups in total. The SMILES string of the molecule is O=C(O)c1c(O)cccc1O.O=C(O)c1cc(O)cc(O)c1.O=C(O)c1ccc(O)c(O)c1.O=C(O)c1ccc(O)cc1O.O=C(O)c1cccc(O)c1O. The van der Waals surface area contributed by atoms with Crippen LogP contribution in [0.25, 0.3) is 0 Å². The zero-order chi connectivity index (χ0) is 42.2. The van der Waals surface area contributed by atoms with E-state index in [9.17, 15) is 24.0 Å². The molecule has 55 heavy (non-hydrogen) atoms. The highest BCUT2D eigenvalue weighted by molar-refractivity contribution is 5.94. The maximum atomic E-state index is 10.3. The van der Waals surface area contributed by atoms with E-state index < -0.39 is 69.9 Å². The molecule has 0 aromatic heterocycles. The quantitative estimate of drug-likeness (QED) is 0.112. The van der Waals surface area contributed by atoms with Gasteiger partial charge in [-0.25, -0.2) is 24.0 Å². The van der Waals surface area contributed by atoms with Crippen molar-refractivity contribution in [3.8, 4) is 57.5 Å². The maximum Gasteiger partial charge on any atom is 0.343 e. The van der Waals surface area contributed by atoms with Gasteiger partial charge in [-0.1, -0.05) is 12.1 Å². The second-order valence-electron chi connectivity index (χ2n) is 10.0. The minimum absolute atomic E-state index is 0.0553. The number of carboxylic acids is 5. The van der Waals surface area contributed by atoms with Crippen molar-refractivity contribution in [2.75, 3.05) is 0 Å². The van der Waals surface area contributed by atoms with E-state index in [0.29, 0.717) is 0 Å². The first-order chi connectivity index (χ1) is 25.6. The van der Waals surface area contributed by atoms with Gasteiger partial charge in [0.15, 0.2) is 23.0 Å². The molecule has 0 saturated carbocycles. The predicted octanol–water partition coefficient (Wildman–Crippen LogP) is 3.98. The highest BCUT2D eigenvalue weighted by Gasteiger charge is 2.14. The molecular weight excluding hydrogens is 740 g/mol. The van der Waals surface area contributed by atoms with E-state index in [1.807, 2.05) is 0 Å². The Hall–Kier alpha value is -8.55. The van der Waals surface area contributed by atoms with E-state index in [0.717, 1.165) is 42.5 Å². The van der Waals surface area contributed by atoms with Crippen molar-refractivity contribution < 1.29 is 101 Å². The highest BCUT2D eigenvalue weighted by Crippen LogP contribution is 2.28. The first kappa shape index (κ1) is 44.5. The Bertz CT molecular complexity index is 2140. The summed E-state index contributed by atoms with van der Waals surface area (Å²) in [4.78, 5) is 51.5. The van der Waals surface area contributed by atoms with Crippen molar-refractivity contribution in [3.63, 3.8) is 0 Å². The number of para-hydroxylation sites is 1. The lowest BCUT2D eigenvalue weighted by Gasteiger charge is -1.99. The summed E-state index contributed by atoms with van der Waals surface area (Å²) in [5, 5.41) is 131. The lowest BCUT2D eigenvalue weighted by molar-refractivity contribution is 0.0679. The van der Waals surface area contributed by atoms with E-state index in [-0.39, 0.29) is 45.3 Å². The van der Waals surface area contributed by atoms with Crippen LogP contribution in [0.5, 0.6) is 57.5 Å². The Kier molecular flexibility index (Phi) is 16.4. The number of phenols is 10. The summed E-state index contributed by atoms with van der Waals surface area (Å²) in [6.07, 6.45) is 0. The average molecular weight is 771 g/mol. The molecular formula is C35H30O20. The zero-order valence-corrected chi connectivity index (χ0v) is 27.4. The molecule has 0 aliphatic rings. The summed E-state index contributed by atoms with van der Waals surface area (Å²) in [5.41, 5.74) is -1.18. The van der Waals surface area contributed by atoms with E-state index in [1.54, 1.807) is 0 Å². The van der Waals surface area contributed by atoms with Crippen LogP contribution in [0.4, 0.5) is 0 Å². The minimum Gasteiger partial charge on any atom is -0.508 e. The lowest BCUT2D eigenvalue weighted by Crippen LogP contribution is -1.96. The minimum atomic E-state index is -1.35. The molecule has 20 nitrogen and oxygen atoms in total. The third-order valence-electron chi connectivity index (χ3n) is 6.06. The molecule has 0 aliphatic heterocycles. The molecule has 5 aromatic carbocycles. The van der Waals surface area contributed by atoms with Crippen molar-refractivity contribution in [3.05, 3.63) is 119 Å². The van der Waals surface area contributed by atoms with Gasteiger partial charge in [0.05, 0.1) is 11.1 Å². The Labute approximate surface area is 306 Å². The average Bonchev–Trinajstić information content (AvgIpc) is 3.07. The molecule has 0 fully saturated rings. The second kappa shape index (κ2) is 20.3. The van der Waals surface area contributed by atoms with Crippen LogP contribution in [0.3, 0.4) is 0 Å². The molecule has 0 atom stereocenters. The maximum absolute atomic E-state index is 10.3. The first-order valence-corrected chi connectivity index (χ1v) is 14.3. The number of carboxylic acid groups (broad SMARTS) is 5. The smallest absolute Gasteiger partial charge is 0.343 e. The van der Waals surface area contributed by atoms with E-state index in [2.05, 4.69) is 0 Å². The van der Waals surface area contributed by atoms with Crippen LogP contribution in [0.1, 0.15) is 51.8 Å². The molecule has 0 spiro atoms. The lowest BCUT2D eigenvalue weighted by atomic mass is 10.2. The molecule has 0 radical (unpaired) electrons. The van der Waals surface area contributed by atoms with Gasteiger partial charge >= 0.3 is 29.8 Å². The number of hydrogen-bond donors (Lipinski definition) is 15. The molecule has 0 heterocycles. The molecule has 0 saturated heterocycles. The van der Waals surface area contributed by atoms with Gasteiger partial charge in [0.2, 0.25) is 0 Å². The summed E-state index contributed by atoms with van der Waals surface area (Å²) >= 11 is 0. The summed E-state index contributed by atoms with van der Waals surface area (Å²) < 4.78 is 0. The number of rotatable bonds is 5. The van der Waals surface area contributed by atoms with Crippen molar-refractivity contribution >= 4 is 29.8 Å². The van der Waals surface area contributed by atoms with Crippen LogP contribution in [-0.2, 0) is 0 Å². The number of aromatic carboxylic acids is 5. The van der Waals surface area contributed by atoms with E-state index in [4.69, 9.17) is 76.6 Å². The number of hydrogen-bond acceptors (Lipinski definition) is 15. The van der Waals surface area contributed by atoms with Crippen molar-refractivity contribution in [1.82, 2.24) is 0 Å². The fraction of sp³-hybridized carbons (Fsp3) is 0. The van der Waals surface area contributed by atoms with Gasteiger partial charge in [-0.2, -0.15) is 0 Å². The molecule has 20 heteroatoms. The zero-order valence-electron chi connectivity index (χ0n) is 27.4. The summed E-state index contributed by atoms with van der Waals surface area (Å²) in [6, 6.07) is 17.3. The van der Waals surface area contributed by atoms with Gasteiger partial charge in [0.25, 0.3) is 0 Å². The summed E-state index contributed by atoms with van der Waals surface area (Å²) in [5.74, 6) is -9.91. The topological polar surface area (TPSA) is 389 Å². The van der Waals surface area contributed by atoms with Crippen LogP contribution < -0.4 is 0 Å². The van der Waals surface area contributed by atoms with Crippen LogP contribution in [-0.4, -0.2) is 106 Å². The van der Waals surface area contributed by atoms with Crippen molar-refractivity contribution in [1.29, 1.82) is 0 Å². The van der Waals surface area contributed by atoms with Crippen LogP contribution in [0.15, 0.2) is 91.0 Å². The summed E-state index contributed by atoms with van der Waals surface area (Å²) in [6.45, 7) is 0. The van der Waals surface area contributed by atoms with Crippen LogP contribution in [0, 0.1) is 0 Å². The third kappa shape index (κ3) is 14.3. The normalized spacial score (nSPS) is 9.45. The van der Waals surface area contributed by atoms with Gasteiger partial charge < -0.3 is 76.6 Å². The van der Waals surface area contributed by atoms with Crippen molar-refractivity contribution in [2.45, 2.75) is 0 Å². The van der Waals surface area contributed by atoms with Gasteiger partial charge in [0.1, 0.15) is 51.2 Å². The standard InChI is InChI=1S/5C7H6O4/c8-5-1-4(7(10)11)2-6(9)3-5;8-4-1-2-5(7(10)11)6(9)3-4;8-5-2-1-4(7(10)11)3-6(5)9;8-4-2-1-3-5(9)6(4)7(10)11;8-5-3-1-2-4(6(5)9)7(10)11/h5*1-3,8-9H,(H,10,11). The number of phenolic OH excluding ortho intramolecular Hbond substituents is 6. The monoisotopic (exact) mass is 770 g/mol. The largest absolute Gasteiger partial charge is 0.508 e. The molecule has 5 rings (SSSR count). The fourth-order valence-electron chi connectivity index (χ4n) is 3.53. The predicted molar refractivity (Wildman–Crippen MR) is 184 cm³/mol. The molecule has 290 valence electrons. The van der Waals surface area contributed by atoms with Crippen molar-refractivity contribution in [2.24, 2.45) is 0 Å². The Morgan fingerprint density at radius 3 is 1.22 bits per heavy atom. The number of carbonyl (C=O) groups is 5. The first-order valence-electron chi connectivity index (χ1n) is 14.3. The molecule has 5 aromatic rings. The molecule has 0 amide bonds. The highest BCUT2D eigenvalue weighted by atomic mass is 16.4. The Morgan fingerprint density at radius 1 is 0.327 bits per heavy atom. The Morgan fingerprint density at radius 2 is 0.818 bits per heavy atom. The molecule has 0 unspecified atom stereocenters. The number of aromatic hydroxyl groups is 10. The van der Waals surface area contributed by atoms with Crippen LogP contribution >= 0.6 is 0 Å².